The van der Waals surface area contributed by atoms with Crippen molar-refractivity contribution in [1.82, 2.24) is 14.9 Å². The summed E-state index contributed by atoms with van der Waals surface area (Å²) in [6.07, 6.45) is -0.818. The molecular weight excluding hydrogens is 534 g/mol. The zero-order chi connectivity index (χ0) is 28.0. The third kappa shape index (κ3) is 4.60. The zero-order valence-corrected chi connectivity index (χ0v) is 22.3. The maximum absolute atomic E-state index is 14.2. The average molecular weight is 560 g/mol. The van der Waals surface area contributed by atoms with Crippen LogP contribution in [0.15, 0.2) is 66.7 Å². The molecule has 11 heteroatoms. The lowest BCUT2D eigenvalue weighted by atomic mass is 9.90. The number of H-pyrrole nitrogens is 1. The van der Waals surface area contributed by atoms with Crippen molar-refractivity contribution in [2.75, 3.05) is 30.4 Å². The number of likely N-dealkylation sites (tertiary alicyclic amines) is 1. The predicted molar refractivity (Wildman–Crippen MR) is 150 cm³/mol. The topological polar surface area (TPSA) is 128 Å². The second-order valence-electron chi connectivity index (χ2n) is 10.1. The summed E-state index contributed by atoms with van der Waals surface area (Å²) in [5.74, 6) is -0.326. The first-order valence-corrected chi connectivity index (χ1v) is 13.2. The average Bonchev–Trinajstić information content (AvgIpc) is 3.56. The summed E-state index contributed by atoms with van der Waals surface area (Å²) in [6.45, 7) is 0.572. The standard InChI is InChI=1S/C29H26ClN5O5/c1-34(28(38)39)19-8-10-23-24(15-19)32-25(31-23)20(13-17-5-3-2-4-6-17)26(36)35-12-11-29(16-35)21-14-18(30)7-9-22(21)33-27(37)40-29/h2-10,14-15,20H,11-13,16H2,1H3,(H,31,32)(H,33,37)(H,38,39)/t20-,29-/m0/s1. The number of nitrogens with one attached hydrogen (secondary N) is 2. The Labute approximate surface area is 234 Å². The van der Waals surface area contributed by atoms with Crippen LogP contribution in [0.1, 0.15) is 29.3 Å². The van der Waals surface area contributed by atoms with Crippen molar-refractivity contribution >= 4 is 52.1 Å². The van der Waals surface area contributed by atoms with E-state index in [1.165, 1.54) is 7.05 Å². The maximum Gasteiger partial charge on any atom is 0.412 e. The molecule has 2 atom stereocenters. The Balaban J connectivity index is 1.34. The molecule has 2 aliphatic heterocycles. The van der Waals surface area contributed by atoms with E-state index < -0.39 is 23.7 Å². The number of nitrogens with zero attached hydrogens (tertiary/aromatic N) is 3. The fourth-order valence-electron chi connectivity index (χ4n) is 5.52. The van der Waals surface area contributed by atoms with Crippen molar-refractivity contribution in [2.24, 2.45) is 0 Å². The van der Waals surface area contributed by atoms with E-state index in [-0.39, 0.29) is 12.5 Å². The first-order valence-electron chi connectivity index (χ1n) is 12.8. The van der Waals surface area contributed by atoms with Crippen LogP contribution < -0.4 is 10.2 Å². The van der Waals surface area contributed by atoms with E-state index >= 15 is 0 Å². The molecule has 1 fully saturated rings. The molecule has 3 N–H and O–H groups in total. The lowest BCUT2D eigenvalue weighted by molar-refractivity contribution is -0.133. The molecule has 0 aliphatic carbocycles. The highest BCUT2D eigenvalue weighted by molar-refractivity contribution is 6.30. The highest BCUT2D eigenvalue weighted by Crippen LogP contribution is 2.44. The second kappa shape index (κ2) is 9.87. The Morgan fingerprint density at radius 1 is 1.18 bits per heavy atom. The largest absolute Gasteiger partial charge is 0.465 e. The molecule has 3 amide bonds. The number of aromatic amines is 1. The number of carbonyl (C=O) groups is 3. The van der Waals surface area contributed by atoms with Gasteiger partial charge in [0.2, 0.25) is 5.91 Å². The van der Waals surface area contributed by atoms with Gasteiger partial charge in [-0.2, -0.15) is 0 Å². The molecule has 6 rings (SSSR count). The molecule has 0 bridgehead atoms. The number of benzene rings is 3. The lowest BCUT2D eigenvalue weighted by Gasteiger charge is -2.35. The molecule has 1 saturated heterocycles. The summed E-state index contributed by atoms with van der Waals surface area (Å²) in [5, 5.41) is 12.6. The number of ether oxygens (including phenoxy) is 1. The van der Waals surface area contributed by atoms with Gasteiger partial charge in [-0.3, -0.25) is 15.0 Å². The summed E-state index contributed by atoms with van der Waals surface area (Å²) in [5.41, 5.74) is 3.06. The summed E-state index contributed by atoms with van der Waals surface area (Å²) < 4.78 is 5.82. The minimum absolute atomic E-state index is 0.152. The highest BCUT2D eigenvalue weighted by atomic mass is 35.5. The van der Waals surface area contributed by atoms with Gasteiger partial charge in [-0.05, 0) is 48.4 Å². The van der Waals surface area contributed by atoms with E-state index in [0.717, 1.165) is 16.0 Å². The van der Waals surface area contributed by atoms with E-state index in [2.05, 4.69) is 10.3 Å². The van der Waals surface area contributed by atoms with Crippen LogP contribution in [-0.2, 0) is 21.6 Å². The van der Waals surface area contributed by atoms with E-state index in [4.69, 9.17) is 21.3 Å². The summed E-state index contributed by atoms with van der Waals surface area (Å²) in [4.78, 5) is 48.9. The molecule has 10 nitrogen and oxygen atoms in total. The zero-order valence-electron chi connectivity index (χ0n) is 21.6. The van der Waals surface area contributed by atoms with Crippen molar-refractivity contribution in [3.05, 3.63) is 88.7 Å². The van der Waals surface area contributed by atoms with Gasteiger partial charge in [0, 0.05) is 36.3 Å². The SMILES string of the molecule is CN(C(=O)O)c1ccc2nc([C@H](Cc3ccccc3)C(=O)N3CC[C@@]4(C3)OC(=O)Nc3ccc(Cl)cc34)[nH]c2c1. The molecular formula is C29H26ClN5O5. The van der Waals surface area contributed by atoms with E-state index in [1.807, 2.05) is 30.3 Å². The number of aromatic nitrogens is 2. The van der Waals surface area contributed by atoms with Crippen LogP contribution in [-0.4, -0.2) is 58.2 Å². The van der Waals surface area contributed by atoms with Crippen LogP contribution in [0.3, 0.4) is 0 Å². The monoisotopic (exact) mass is 559 g/mol. The first-order chi connectivity index (χ1) is 19.2. The van der Waals surface area contributed by atoms with Gasteiger partial charge in [-0.15, -0.1) is 0 Å². The van der Waals surface area contributed by atoms with Gasteiger partial charge in [-0.25, -0.2) is 14.6 Å². The van der Waals surface area contributed by atoms with E-state index in [9.17, 15) is 19.5 Å². The van der Waals surface area contributed by atoms with Crippen molar-refractivity contribution in [2.45, 2.75) is 24.4 Å². The van der Waals surface area contributed by atoms with Gasteiger partial charge in [0.1, 0.15) is 11.7 Å². The number of amides is 3. The predicted octanol–water partition coefficient (Wildman–Crippen LogP) is 5.35. The summed E-state index contributed by atoms with van der Waals surface area (Å²) in [7, 11) is 1.46. The third-order valence-electron chi connectivity index (χ3n) is 7.61. The number of anilines is 2. The molecule has 1 aromatic heterocycles. The van der Waals surface area contributed by atoms with Crippen LogP contribution in [0.4, 0.5) is 21.0 Å². The Hall–Kier alpha value is -4.57. The van der Waals surface area contributed by atoms with Crippen LogP contribution >= 0.6 is 11.6 Å². The van der Waals surface area contributed by atoms with Crippen LogP contribution in [0.2, 0.25) is 5.02 Å². The molecule has 4 aromatic rings. The lowest BCUT2D eigenvalue weighted by Crippen LogP contribution is -2.43. The fourth-order valence-corrected chi connectivity index (χ4v) is 5.69. The first kappa shape index (κ1) is 25.7. The van der Waals surface area contributed by atoms with Gasteiger partial charge < -0.3 is 19.7 Å². The van der Waals surface area contributed by atoms with Crippen LogP contribution in [0.5, 0.6) is 0 Å². The molecule has 3 heterocycles. The van der Waals surface area contributed by atoms with E-state index in [0.29, 0.717) is 52.6 Å². The number of halogens is 1. The number of fused-ring (bicyclic) bond motifs is 3. The quantitative estimate of drug-likeness (QED) is 0.302. The van der Waals surface area contributed by atoms with Gasteiger partial charge in [0.05, 0.1) is 23.3 Å². The molecule has 1 spiro atoms. The van der Waals surface area contributed by atoms with Gasteiger partial charge in [0.25, 0.3) is 0 Å². The number of rotatable bonds is 5. The van der Waals surface area contributed by atoms with Crippen molar-refractivity contribution in [3.8, 4) is 0 Å². The number of carbonyl (C=O) groups excluding carboxylic acids is 2. The number of carboxylic acid groups (broad SMARTS) is 1. The van der Waals surface area contributed by atoms with Gasteiger partial charge >= 0.3 is 12.2 Å². The molecule has 3 aromatic carbocycles. The Morgan fingerprint density at radius 3 is 2.75 bits per heavy atom. The molecule has 40 heavy (non-hydrogen) atoms. The van der Waals surface area contributed by atoms with Crippen LogP contribution in [0.25, 0.3) is 11.0 Å². The molecule has 0 unspecified atom stereocenters. The summed E-state index contributed by atoms with van der Waals surface area (Å²) >= 11 is 6.28. The number of imidazole rings is 1. The molecule has 204 valence electrons. The number of hydrogen-bond acceptors (Lipinski definition) is 5. The molecule has 0 radical (unpaired) electrons. The Morgan fingerprint density at radius 2 is 1.98 bits per heavy atom. The van der Waals surface area contributed by atoms with Gasteiger partial charge in [-0.1, -0.05) is 41.9 Å². The summed E-state index contributed by atoms with van der Waals surface area (Å²) in [6, 6.07) is 20.0. The Kier molecular flexibility index (Phi) is 6.34. The number of hydrogen-bond donors (Lipinski definition) is 3. The van der Waals surface area contributed by atoms with Gasteiger partial charge in [0.15, 0.2) is 5.60 Å². The van der Waals surface area contributed by atoms with Crippen molar-refractivity contribution in [3.63, 3.8) is 0 Å². The van der Waals surface area contributed by atoms with Crippen LogP contribution in [0, 0.1) is 0 Å². The van der Waals surface area contributed by atoms with E-state index in [1.54, 1.807) is 41.3 Å². The fraction of sp³-hybridized carbons (Fsp3) is 0.241. The third-order valence-corrected chi connectivity index (χ3v) is 7.84. The Bertz CT molecular complexity index is 1640. The highest BCUT2D eigenvalue weighted by Gasteiger charge is 2.49. The minimum atomic E-state index is -1.08. The molecule has 0 saturated carbocycles. The molecule has 2 aliphatic rings. The smallest absolute Gasteiger partial charge is 0.412 e. The maximum atomic E-state index is 14.2. The normalized spacial score (nSPS) is 18.8. The minimum Gasteiger partial charge on any atom is -0.465 e. The van der Waals surface area contributed by atoms with Crippen molar-refractivity contribution < 1.29 is 24.2 Å². The second-order valence-corrected chi connectivity index (χ2v) is 10.6. The van der Waals surface area contributed by atoms with Crippen molar-refractivity contribution in [1.29, 1.82) is 0 Å².